The molecule has 132 valence electrons. The Morgan fingerprint density at radius 3 is 2.36 bits per heavy atom. The molecule has 0 N–H and O–H groups in total. The van der Waals surface area contributed by atoms with Gasteiger partial charge >= 0.3 is 0 Å². The van der Waals surface area contributed by atoms with Crippen molar-refractivity contribution in [2.24, 2.45) is 0 Å². The summed E-state index contributed by atoms with van der Waals surface area (Å²) in [6.45, 7) is 0.959. The van der Waals surface area contributed by atoms with Gasteiger partial charge in [0.2, 0.25) is 10.0 Å². The Morgan fingerprint density at radius 1 is 0.960 bits per heavy atom. The largest absolute Gasteiger partial charge is 0.487 e. The Kier molecular flexibility index (Phi) is 4.26. The molecule has 0 amide bonds. The van der Waals surface area contributed by atoms with Gasteiger partial charge in [-0.2, -0.15) is 4.31 Å². The van der Waals surface area contributed by atoms with Gasteiger partial charge in [-0.25, -0.2) is 8.42 Å². The Hall–Kier alpha value is -1.56. The van der Waals surface area contributed by atoms with Crippen LogP contribution in [0.15, 0.2) is 53.4 Å². The molecule has 1 spiro atoms. The van der Waals surface area contributed by atoms with Crippen LogP contribution in [0.3, 0.4) is 0 Å². The molecule has 0 aromatic heterocycles. The van der Waals surface area contributed by atoms with E-state index in [1.54, 1.807) is 28.6 Å². The van der Waals surface area contributed by atoms with Gasteiger partial charge in [0.05, 0.1) is 4.90 Å². The van der Waals surface area contributed by atoms with Gasteiger partial charge in [0.15, 0.2) is 0 Å². The summed E-state index contributed by atoms with van der Waals surface area (Å²) >= 11 is 5.86. The first-order valence-corrected chi connectivity index (χ1v) is 10.3. The molecule has 0 bridgehead atoms. The van der Waals surface area contributed by atoms with Crippen LogP contribution in [0.2, 0.25) is 5.02 Å². The van der Waals surface area contributed by atoms with E-state index in [1.165, 1.54) is 5.56 Å². The van der Waals surface area contributed by atoms with E-state index < -0.39 is 10.0 Å². The zero-order chi connectivity index (χ0) is 17.5. The van der Waals surface area contributed by atoms with Crippen LogP contribution >= 0.6 is 11.6 Å². The minimum atomic E-state index is -3.48. The van der Waals surface area contributed by atoms with Crippen LogP contribution in [0.5, 0.6) is 5.75 Å². The number of hydrogen-bond donors (Lipinski definition) is 0. The molecule has 2 aromatic rings. The predicted molar refractivity (Wildman–Crippen MR) is 97.6 cm³/mol. The highest BCUT2D eigenvalue weighted by Gasteiger charge is 2.42. The summed E-state index contributed by atoms with van der Waals surface area (Å²) in [5, 5.41) is 0.533. The molecule has 0 atom stereocenters. The Morgan fingerprint density at radius 2 is 1.64 bits per heavy atom. The second kappa shape index (κ2) is 6.31. The Balaban J connectivity index is 1.49. The van der Waals surface area contributed by atoms with Gasteiger partial charge in [-0.1, -0.05) is 29.8 Å². The minimum absolute atomic E-state index is 0.236. The molecule has 1 fully saturated rings. The van der Waals surface area contributed by atoms with Crippen LogP contribution in [0.25, 0.3) is 0 Å². The molecule has 4 rings (SSSR count). The van der Waals surface area contributed by atoms with E-state index >= 15 is 0 Å². The molecular formula is C19H20ClNO3S. The number of benzene rings is 2. The Labute approximate surface area is 153 Å². The molecule has 0 saturated carbocycles. The summed E-state index contributed by atoms with van der Waals surface area (Å²) < 4.78 is 33.5. The van der Waals surface area contributed by atoms with Crippen molar-refractivity contribution in [3.05, 3.63) is 59.1 Å². The molecule has 0 aliphatic carbocycles. The molecule has 2 aliphatic heterocycles. The maximum Gasteiger partial charge on any atom is 0.243 e. The van der Waals surface area contributed by atoms with Crippen molar-refractivity contribution in [3.63, 3.8) is 0 Å². The summed E-state index contributed by atoms with van der Waals surface area (Å²) in [4.78, 5) is 0.294. The second-order valence-electron chi connectivity index (χ2n) is 6.75. The van der Waals surface area contributed by atoms with E-state index in [9.17, 15) is 8.42 Å². The number of aryl methyl sites for hydroxylation is 1. The molecule has 0 radical (unpaired) electrons. The van der Waals surface area contributed by atoms with E-state index in [0.717, 1.165) is 18.6 Å². The lowest BCUT2D eigenvalue weighted by atomic mass is 9.84. The van der Waals surface area contributed by atoms with Gasteiger partial charge < -0.3 is 4.74 Å². The standard InChI is InChI=1S/C19H20ClNO3S/c20-16-5-7-17(8-6-16)25(22,23)21-13-11-19(12-14-21)10-9-15-3-1-2-4-18(15)24-19/h1-8H,9-14H2. The summed E-state index contributed by atoms with van der Waals surface area (Å²) in [5.74, 6) is 0.947. The molecular weight excluding hydrogens is 358 g/mol. The molecule has 1 saturated heterocycles. The quantitative estimate of drug-likeness (QED) is 0.797. The third-order valence-corrected chi connectivity index (χ3v) is 7.40. The van der Waals surface area contributed by atoms with Crippen molar-refractivity contribution < 1.29 is 13.2 Å². The lowest BCUT2D eigenvalue weighted by Crippen LogP contribution is -2.51. The van der Waals surface area contributed by atoms with Crippen LogP contribution in [-0.4, -0.2) is 31.4 Å². The molecule has 25 heavy (non-hydrogen) atoms. The average molecular weight is 378 g/mol. The second-order valence-corrected chi connectivity index (χ2v) is 9.13. The lowest BCUT2D eigenvalue weighted by molar-refractivity contribution is 0.00181. The maximum absolute atomic E-state index is 12.8. The lowest BCUT2D eigenvalue weighted by Gasteiger charge is -2.44. The summed E-state index contributed by atoms with van der Waals surface area (Å²) in [5.41, 5.74) is 1.00. The first-order valence-electron chi connectivity index (χ1n) is 8.51. The third kappa shape index (κ3) is 3.16. The summed E-state index contributed by atoms with van der Waals surface area (Å²) in [7, 11) is -3.48. The predicted octanol–water partition coefficient (Wildman–Crippen LogP) is 3.89. The molecule has 0 unspecified atom stereocenters. The van der Waals surface area contributed by atoms with Gasteiger partial charge in [0.1, 0.15) is 11.4 Å². The first kappa shape index (κ1) is 16.9. The highest BCUT2D eigenvalue weighted by Crippen LogP contribution is 2.40. The number of hydrogen-bond acceptors (Lipinski definition) is 3. The minimum Gasteiger partial charge on any atom is -0.487 e. The van der Waals surface area contributed by atoms with Crippen molar-refractivity contribution in [2.75, 3.05) is 13.1 Å². The maximum atomic E-state index is 12.8. The van der Waals surface area contributed by atoms with Crippen LogP contribution in [0.1, 0.15) is 24.8 Å². The third-order valence-electron chi connectivity index (χ3n) is 5.23. The van der Waals surface area contributed by atoms with E-state index in [1.807, 2.05) is 18.2 Å². The number of piperidine rings is 1. The van der Waals surface area contributed by atoms with Gasteiger partial charge in [-0.05, 0) is 48.7 Å². The molecule has 2 aliphatic rings. The van der Waals surface area contributed by atoms with Gasteiger partial charge in [0.25, 0.3) is 0 Å². The number of para-hydroxylation sites is 1. The summed E-state index contributed by atoms with van der Waals surface area (Å²) in [6, 6.07) is 14.5. The smallest absolute Gasteiger partial charge is 0.243 e. The van der Waals surface area contributed by atoms with Crippen LogP contribution in [0, 0.1) is 0 Å². The van der Waals surface area contributed by atoms with Crippen molar-refractivity contribution in [3.8, 4) is 5.75 Å². The zero-order valence-corrected chi connectivity index (χ0v) is 15.4. The fourth-order valence-electron chi connectivity index (χ4n) is 3.70. The monoisotopic (exact) mass is 377 g/mol. The van der Waals surface area contributed by atoms with Crippen molar-refractivity contribution in [2.45, 2.75) is 36.2 Å². The fraction of sp³-hybridized carbons (Fsp3) is 0.368. The van der Waals surface area contributed by atoms with Crippen LogP contribution in [0.4, 0.5) is 0 Å². The van der Waals surface area contributed by atoms with Gasteiger partial charge in [-0.15, -0.1) is 0 Å². The molecule has 4 nitrogen and oxygen atoms in total. The van der Waals surface area contributed by atoms with Gasteiger partial charge in [0, 0.05) is 31.0 Å². The summed E-state index contributed by atoms with van der Waals surface area (Å²) in [6.07, 6.45) is 3.36. The number of nitrogens with zero attached hydrogens (tertiary/aromatic N) is 1. The molecule has 6 heteroatoms. The topological polar surface area (TPSA) is 46.6 Å². The number of rotatable bonds is 2. The number of ether oxygens (including phenoxy) is 1. The van der Waals surface area contributed by atoms with Crippen LogP contribution < -0.4 is 4.74 Å². The van der Waals surface area contributed by atoms with E-state index in [0.29, 0.717) is 35.8 Å². The van der Waals surface area contributed by atoms with Crippen LogP contribution in [-0.2, 0) is 16.4 Å². The van der Waals surface area contributed by atoms with E-state index in [-0.39, 0.29) is 5.60 Å². The zero-order valence-electron chi connectivity index (χ0n) is 13.8. The first-order chi connectivity index (χ1) is 12.0. The number of sulfonamides is 1. The normalized spacial score (nSPS) is 20.0. The van der Waals surface area contributed by atoms with E-state index in [2.05, 4.69) is 6.07 Å². The highest BCUT2D eigenvalue weighted by atomic mass is 35.5. The Bertz CT molecular complexity index is 872. The number of halogens is 1. The SMILES string of the molecule is O=S(=O)(c1ccc(Cl)cc1)N1CCC2(CCc3ccccc3O2)CC1. The average Bonchev–Trinajstić information content (AvgIpc) is 2.62. The molecule has 2 heterocycles. The molecule has 2 aromatic carbocycles. The van der Waals surface area contributed by atoms with Gasteiger partial charge in [-0.3, -0.25) is 0 Å². The van der Waals surface area contributed by atoms with Crippen molar-refractivity contribution >= 4 is 21.6 Å². The van der Waals surface area contributed by atoms with Crippen molar-refractivity contribution in [1.29, 1.82) is 0 Å². The fourth-order valence-corrected chi connectivity index (χ4v) is 5.27. The number of fused-ring (bicyclic) bond motifs is 1. The van der Waals surface area contributed by atoms with E-state index in [4.69, 9.17) is 16.3 Å². The van der Waals surface area contributed by atoms with Crippen molar-refractivity contribution in [1.82, 2.24) is 4.31 Å². The highest BCUT2D eigenvalue weighted by molar-refractivity contribution is 7.89.